The second kappa shape index (κ2) is 4.34. The second-order valence-corrected chi connectivity index (χ2v) is 4.32. The van der Waals surface area contributed by atoms with E-state index >= 15 is 0 Å². The number of nitrogens with zero attached hydrogens (tertiary/aromatic N) is 1. The molecule has 0 aliphatic rings. The van der Waals surface area contributed by atoms with E-state index in [4.69, 9.17) is 5.73 Å². The number of benzene rings is 2. The van der Waals surface area contributed by atoms with Gasteiger partial charge in [0.2, 0.25) is 0 Å². The highest BCUT2D eigenvalue weighted by atomic mass is 19.1. The van der Waals surface area contributed by atoms with Crippen molar-refractivity contribution in [3.05, 3.63) is 47.8 Å². The molecule has 3 aromatic rings. The highest BCUT2D eigenvalue weighted by Gasteiger charge is 2.17. The van der Waals surface area contributed by atoms with Gasteiger partial charge in [0, 0.05) is 5.56 Å². The molecular weight excluding hydrogens is 261 g/mol. The standard InChI is InChI=1S/C14H10FN3O2/c15-9-5-6-10-12(11(9)13(16)20)18-14(17-10)7-1-3-8(19)4-2-7/h1-6,19H,(H2,16,20)(H,17,18). The maximum Gasteiger partial charge on any atom is 0.253 e. The number of hydrogen-bond donors (Lipinski definition) is 3. The van der Waals surface area contributed by atoms with Crippen LogP contribution in [0.5, 0.6) is 5.75 Å². The molecule has 0 aliphatic heterocycles. The van der Waals surface area contributed by atoms with Gasteiger partial charge >= 0.3 is 0 Å². The summed E-state index contributed by atoms with van der Waals surface area (Å²) >= 11 is 0. The van der Waals surface area contributed by atoms with Crippen LogP contribution in [0.25, 0.3) is 22.4 Å². The van der Waals surface area contributed by atoms with Crippen LogP contribution in [0.4, 0.5) is 4.39 Å². The number of imidazole rings is 1. The number of amides is 1. The summed E-state index contributed by atoms with van der Waals surface area (Å²) in [6, 6.07) is 9.01. The van der Waals surface area contributed by atoms with Gasteiger partial charge in [-0.15, -0.1) is 0 Å². The van der Waals surface area contributed by atoms with Crippen molar-refractivity contribution in [2.24, 2.45) is 5.73 Å². The summed E-state index contributed by atoms with van der Waals surface area (Å²) in [5, 5.41) is 9.26. The lowest BCUT2D eigenvalue weighted by Gasteiger charge is -1.98. The van der Waals surface area contributed by atoms with Gasteiger partial charge < -0.3 is 15.8 Å². The van der Waals surface area contributed by atoms with Crippen molar-refractivity contribution in [3.63, 3.8) is 0 Å². The van der Waals surface area contributed by atoms with Crippen molar-refractivity contribution in [1.82, 2.24) is 9.97 Å². The van der Waals surface area contributed by atoms with Crippen LogP contribution in [0.1, 0.15) is 10.4 Å². The van der Waals surface area contributed by atoms with Gasteiger partial charge in [0.05, 0.1) is 5.52 Å². The maximum atomic E-state index is 13.6. The number of phenolic OH excluding ortho intramolecular Hbond substituents is 1. The van der Waals surface area contributed by atoms with Crippen molar-refractivity contribution < 1.29 is 14.3 Å². The summed E-state index contributed by atoms with van der Waals surface area (Å²) in [6.07, 6.45) is 0. The number of rotatable bonds is 2. The summed E-state index contributed by atoms with van der Waals surface area (Å²) in [5.74, 6) is -0.965. The fraction of sp³-hybridized carbons (Fsp3) is 0. The van der Waals surface area contributed by atoms with Gasteiger partial charge in [0.15, 0.2) is 0 Å². The molecule has 1 amide bonds. The van der Waals surface area contributed by atoms with Gasteiger partial charge in [0.25, 0.3) is 5.91 Å². The first-order valence-corrected chi connectivity index (χ1v) is 5.83. The molecule has 0 unspecified atom stereocenters. The van der Waals surface area contributed by atoms with Crippen LogP contribution in [0, 0.1) is 5.82 Å². The van der Waals surface area contributed by atoms with E-state index in [9.17, 15) is 14.3 Å². The van der Waals surface area contributed by atoms with E-state index in [1.54, 1.807) is 12.1 Å². The molecule has 0 saturated carbocycles. The molecule has 0 radical (unpaired) electrons. The zero-order valence-electron chi connectivity index (χ0n) is 10.2. The molecule has 3 rings (SSSR count). The van der Waals surface area contributed by atoms with E-state index < -0.39 is 11.7 Å². The number of aromatic nitrogens is 2. The van der Waals surface area contributed by atoms with Gasteiger partial charge in [-0.25, -0.2) is 9.37 Å². The fourth-order valence-electron chi connectivity index (χ4n) is 2.04. The first-order chi connectivity index (χ1) is 9.56. The highest BCUT2D eigenvalue weighted by molar-refractivity contribution is 6.04. The number of carbonyl (C=O) groups excluding carboxylic acids is 1. The Morgan fingerprint density at radius 1 is 1.20 bits per heavy atom. The van der Waals surface area contributed by atoms with E-state index in [1.165, 1.54) is 24.3 Å². The molecule has 100 valence electrons. The molecule has 0 bridgehead atoms. The molecule has 0 aliphatic carbocycles. The van der Waals surface area contributed by atoms with Crippen LogP contribution < -0.4 is 5.73 Å². The normalized spacial score (nSPS) is 10.8. The number of nitrogens with one attached hydrogen (secondary N) is 1. The number of nitrogens with two attached hydrogens (primary N) is 1. The molecule has 0 atom stereocenters. The third kappa shape index (κ3) is 1.87. The molecule has 0 fully saturated rings. The molecular formula is C14H10FN3O2. The number of primary amides is 1. The number of hydrogen-bond acceptors (Lipinski definition) is 3. The molecule has 1 heterocycles. The minimum atomic E-state index is -0.864. The van der Waals surface area contributed by atoms with Crippen molar-refractivity contribution in [1.29, 1.82) is 0 Å². The van der Waals surface area contributed by atoms with Crippen LogP contribution in [0.2, 0.25) is 0 Å². The molecule has 2 aromatic carbocycles. The Morgan fingerprint density at radius 2 is 1.90 bits per heavy atom. The largest absolute Gasteiger partial charge is 0.508 e. The van der Waals surface area contributed by atoms with Crippen LogP contribution in [0.3, 0.4) is 0 Å². The molecule has 4 N–H and O–H groups in total. The number of aromatic amines is 1. The van der Waals surface area contributed by atoms with E-state index in [0.29, 0.717) is 16.9 Å². The number of phenols is 1. The maximum absolute atomic E-state index is 13.6. The highest BCUT2D eigenvalue weighted by Crippen LogP contribution is 2.25. The first kappa shape index (κ1) is 12.2. The van der Waals surface area contributed by atoms with E-state index in [0.717, 1.165) is 0 Å². The van der Waals surface area contributed by atoms with E-state index in [1.807, 2.05) is 0 Å². The quantitative estimate of drug-likeness (QED) is 0.667. The monoisotopic (exact) mass is 271 g/mol. The zero-order valence-corrected chi connectivity index (χ0v) is 10.2. The first-order valence-electron chi connectivity index (χ1n) is 5.83. The number of H-pyrrole nitrogens is 1. The number of aromatic hydroxyl groups is 1. The molecule has 0 spiro atoms. The fourth-order valence-corrected chi connectivity index (χ4v) is 2.04. The predicted octanol–water partition coefficient (Wildman–Crippen LogP) is 2.17. The number of fused-ring (bicyclic) bond motifs is 1. The van der Waals surface area contributed by atoms with Crippen molar-refractivity contribution in [3.8, 4) is 17.1 Å². The Labute approximate surface area is 112 Å². The smallest absolute Gasteiger partial charge is 0.253 e. The lowest BCUT2D eigenvalue weighted by molar-refractivity contribution is 0.0998. The van der Waals surface area contributed by atoms with Gasteiger partial charge in [-0.3, -0.25) is 4.79 Å². The second-order valence-electron chi connectivity index (χ2n) is 4.32. The van der Waals surface area contributed by atoms with Crippen molar-refractivity contribution in [2.75, 3.05) is 0 Å². The van der Waals surface area contributed by atoms with Gasteiger partial charge in [0.1, 0.15) is 28.5 Å². The summed E-state index contributed by atoms with van der Waals surface area (Å²) in [5.41, 5.74) is 6.37. The topological polar surface area (TPSA) is 92.0 Å². The van der Waals surface area contributed by atoms with Crippen LogP contribution >= 0.6 is 0 Å². The summed E-state index contributed by atoms with van der Waals surface area (Å²) < 4.78 is 13.6. The van der Waals surface area contributed by atoms with E-state index in [2.05, 4.69) is 9.97 Å². The average molecular weight is 271 g/mol. The van der Waals surface area contributed by atoms with Crippen LogP contribution in [-0.2, 0) is 0 Å². The van der Waals surface area contributed by atoms with Gasteiger partial charge in [-0.1, -0.05) is 0 Å². The summed E-state index contributed by atoms with van der Waals surface area (Å²) in [4.78, 5) is 18.5. The Bertz CT molecular complexity index is 809. The third-order valence-electron chi connectivity index (χ3n) is 2.99. The minimum Gasteiger partial charge on any atom is -0.508 e. The molecule has 1 aromatic heterocycles. The SMILES string of the molecule is NC(=O)c1c(F)ccc2[nH]c(-c3ccc(O)cc3)nc12. The van der Waals surface area contributed by atoms with Crippen molar-refractivity contribution >= 4 is 16.9 Å². The Balaban J connectivity index is 2.23. The minimum absolute atomic E-state index is 0.133. The third-order valence-corrected chi connectivity index (χ3v) is 2.99. The van der Waals surface area contributed by atoms with Gasteiger partial charge in [-0.2, -0.15) is 0 Å². The molecule has 0 saturated heterocycles. The Morgan fingerprint density at radius 3 is 2.55 bits per heavy atom. The van der Waals surface area contributed by atoms with Crippen LogP contribution in [-0.4, -0.2) is 21.0 Å². The van der Waals surface area contributed by atoms with Crippen molar-refractivity contribution in [2.45, 2.75) is 0 Å². The number of halogens is 1. The van der Waals surface area contributed by atoms with Crippen LogP contribution in [0.15, 0.2) is 36.4 Å². The summed E-state index contributed by atoms with van der Waals surface area (Å²) in [6.45, 7) is 0. The van der Waals surface area contributed by atoms with Gasteiger partial charge in [-0.05, 0) is 36.4 Å². The molecule has 20 heavy (non-hydrogen) atoms. The number of carbonyl (C=O) groups is 1. The zero-order chi connectivity index (χ0) is 14.3. The Hall–Kier alpha value is -2.89. The lowest BCUT2D eigenvalue weighted by atomic mass is 10.1. The predicted molar refractivity (Wildman–Crippen MR) is 71.7 cm³/mol. The molecule has 6 heteroatoms. The van der Waals surface area contributed by atoms with E-state index in [-0.39, 0.29) is 16.8 Å². The molecule has 5 nitrogen and oxygen atoms in total. The average Bonchev–Trinajstić information content (AvgIpc) is 2.82. The lowest BCUT2D eigenvalue weighted by Crippen LogP contribution is -2.13. The summed E-state index contributed by atoms with van der Waals surface area (Å²) in [7, 11) is 0. The Kier molecular flexibility index (Phi) is 2.64.